The van der Waals surface area contributed by atoms with Gasteiger partial charge in [-0.15, -0.1) is 0 Å². The number of hydrogen-bond acceptors (Lipinski definition) is 4. The highest BCUT2D eigenvalue weighted by molar-refractivity contribution is 9.10. The number of carbonyl (C=O) groups excluding carboxylic acids is 1. The van der Waals surface area contributed by atoms with Crippen LogP contribution in [0.2, 0.25) is 0 Å². The Balaban J connectivity index is 1.88. The van der Waals surface area contributed by atoms with Crippen LogP contribution in [-0.2, 0) is 9.73 Å². The van der Waals surface area contributed by atoms with Crippen LogP contribution >= 0.6 is 15.9 Å². The minimum atomic E-state index is -2.67. The molecule has 1 aliphatic heterocycles. The summed E-state index contributed by atoms with van der Waals surface area (Å²) in [6, 6.07) is 3.31. The van der Waals surface area contributed by atoms with E-state index in [1.165, 1.54) is 21.8 Å². The fraction of sp³-hybridized carbons (Fsp3) is 0.333. The Morgan fingerprint density at radius 1 is 1.52 bits per heavy atom. The normalized spacial score (nSPS) is 18.5. The van der Waals surface area contributed by atoms with E-state index >= 15 is 0 Å². The van der Waals surface area contributed by atoms with Gasteiger partial charge in [0.2, 0.25) is 5.95 Å². The summed E-state index contributed by atoms with van der Waals surface area (Å²) in [5.41, 5.74) is 0.0926. The predicted octanol–water partition coefficient (Wildman–Crippen LogP) is 1.74. The largest absolute Gasteiger partial charge is 0.335 e. The predicted molar refractivity (Wildman–Crippen MR) is 79.3 cm³/mol. The topological polar surface area (TPSA) is 78.5 Å². The van der Waals surface area contributed by atoms with Crippen molar-refractivity contribution < 1.29 is 13.4 Å². The van der Waals surface area contributed by atoms with Gasteiger partial charge >= 0.3 is 0 Å². The van der Waals surface area contributed by atoms with Crippen molar-refractivity contribution in [2.24, 2.45) is 0 Å². The number of halogens is 2. The Labute approximate surface area is 129 Å². The molecule has 0 spiro atoms. The highest BCUT2D eigenvalue weighted by Crippen LogP contribution is 2.21. The zero-order chi connectivity index (χ0) is 15.4. The molecule has 1 fully saturated rings. The minimum Gasteiger partial charge on any atom is -0.335 e. The Morgan fingerprint density at radius 2 is 2.19 bits per heavy atom. The molecule has 0 bridgehead atoms. The molecule has 3 heterocycles. The number of likely N-dealkylation sites (tertiary alicyclic amines) is 1. The van der Waals surface area contributed by atoms with Crippen LogP contribution in [0.5, 0.6) is 0 Å². The third kappa shape index (κ3) is 2.44. The molecule has 9 heteroatoms. The second-order valence-electron chi connectivity index (χ2n) is 5.06. The number of nitrogens with zero attached hydrogens (tertiary/aromatic N) is 3. The van der Waals surface area contributed by atoms with Gasteiger partial charge in [0, 0.05) is 39.7 Å². The van der Waals surface area contributed by atoms with Gasteiger partial charge in [0.25, 0.3) is 5.91 Å². The molecule has 0 radical (unpaired) electrons. The molecule has 6 nitrogen and oxygen atoms in total. The van der Waals surface area contributed by atoms with Gasteiger partial charge in [-0.2, -0.15) is 4.39 Å². The Kier molecular flexibility index (Phi) is 3.28. The van der Waals surface area contributed by atoms with Gasteiger partial charge < -0.3 is 4.90 Å². The Morgan fingerprint density at radius 3 is 2.81 bits per heavy atom. The van der Waals surface area contributed by atoms with E-state index in [0.29, 0.717) is 10.1 Å². The quantitative estimate of drug-likeness (QED) is 0.869. The maximum atomic E-state index is 14.3. The maximum Gasteiger partial charge on any atom is 0.277 e. The Hall–Kier alpha value is -1.48. The van der Waals surface area contributed by atoms with Crippen LogP contribution in [0.15, 0.2) is 22.8 Å². The zero-order valence-corrected chi connectivity index (χ0v) is 13.4. The fourth-order valence-corrected chi connectivity index (χ4v) is 3.43. The first-order chi connectivity index (χ1) is 9.77. The number of imidazole rings is 1. The van der Waals surface area contributed by atoms with Gasteiger partial charge in [-0.3, -0.25) is 14.0 Å². The average molecular weight is 375 g/mol. The summed E-state index contributed by atoms with van der Waals surface area (Å²) < 4.78 is 35.1. The van der Waals surface area contributed by atoms with Crippen LogP contribution in [0, 0.1) is 10.7 Å². The van der Waals surface area contributed by atoms with Gasteiger partial charge in [0.15, 0.2) is 5.69 Å². The van der Waals surface area contributed by atoms with Crippen LogP contribution in [-0.4, -0.2) is 49.0 Å². The Bertz CT molecular complexity index is 842. The lowest BCUT2D eigenvalue weighted by molar-refractivity contribution is 0.0650. The van der Waals surface area contributed by atoms with Crippen molar-refractivity contribution in [1.82, 2.24) is 14.3 Å². The summed E-state index contributed by atoms with van der Waals surface area (Å²) in [7, 11) is -2.67. The van der Waals surface area contributed by atoms with Crippen LogP contribution in [0.25, 0.3) is 5.65 Å². The molecule has 0 saturated carbocycles. The lowest BCUT2D eigenvalue weighted by Gasteiger charge is -2.38. The number of fused-ring (bicyclic) bond motifs is 1. The third-order valence-corrected chi connectivity index (χ3v) is 5.54. The maximum absolute atomic E-state index is 14.3. The molecule has 21 heavy (non-hydrogen) atoms. The molecule has 3 rings (SSSR count). The van der Waals surface area contributed by atoms with Crippen molar-refractivity contribution in [3.05, 3.63) is 34.4 Å². The van der Waals surface area contributed by atoms with Crippen molar-refractivity contribution >= 4 is 37.2 Å². The van der Waals surface area contributed by atoms with E-state index in [-0.39, 0.29) is 24.0 Å². The molecule has 1 saturated heterocycles. The molecule has 0 aliphatic carbocycles. The number of nitrogens with one attached hydrogen (secondary N) is 1. The molecule has 1 N–H and O–H groups in total. The first-order valence-electron chi connectivity index (χ1n) is 6.12. The molecule has 1 unspecified atom stereocenters. The van der Waals surface area contributed by atoms with Gasteiger partial charge in [-0.1, -0.05) is 0 Å². The molecule has 1 aliphatic rings. The van der Waals surface area contributed by atoms with Gasteiger partial charge in [-0.05, 0) is 28.1 Å². The molecule has 2 aromatic heterocycles. The van der Waals surface area contributed by atoms with Gasteiger partial charge in [0.05, 0.1) is 5.25 Å². The van der Waals surface area contributed by atoms with Crippen LogP contribution in [0.4, 0.5) is 4.39 Å². The molecule has 112 valence electrons. The first-order valence-corrected chi connectivity index (χ1v) is 8.94. The summed E-state index contributed by atoms with van der Waals surface area (Å²) in [5.74, 6) is -1.25. The van der Waals surface area contributed by atoms with Crippen molar-refractivity contribution in [2.75, 3.05) is 19.3 Å². The van der Waals surface area contributed by atoms with E-state index in [1.807, 2.05) is 0 Å². The summed E-state index contributed by atoms with van der Waals surface area (Å²) in [5, 5.41) is -0.351. The molecular formula is C12H12BrFN4O2S. The highest BCUT2D eigenvalue weighted by atomic mass is 79.9. The molecule has 1 amide bonds. The average Bonchev–Trinajstić information content (AvgIpc) is 2.63. The van der Waals surface area contributed by atoms with E-state index in [9.17, 15) is 13.4 Å². The van der Waals surface area contributed by atoms with E-state index < -0.39 is 21.6 Å². The lowest BCUT2D eigenvalue weighted by atomic mass is 10.2. The molecule has 1 atom stereocenters. The molecular weight excluding hydrogens is 363 g/mol. The van der Waals surface area contributed by atoms with Crippen LogP contribution in [0.1, 0.15) is 10.5 Å². The zero-order valence-electron chi connectivity index (χ0n) is 11.0. The van der Waals surface area contributed by atoms with E-state index in [1.54, 1.807) is 12.1 Å². The summed E-state index contributed by atoms with van der Waals surface area (Å²) in [6.07, 6.45) is 2.85. The van der Waals surface area contributed by atoms with Crippen LogP contribution < -0.4 is 0 Å². The number of aromatic nitrogens is 2. The number of rotatable bonds is 2. The number of hydrogen-bond donors (Lipinski definition) is 1. The summed E-state index contributed by atoms with van der Waals surface area (Å²) in [4.78, 5) is 17.6. The van der Waals surface area contributed by atoms with E-state index in [2.05, 4.69) is 20.9 Å². The second kappa shape index (κ2) is 4.77. The third-order valence-electron chi connectivity index (χ3n) is 3.50. The number of pyridine rings is 1. The van der Waals surface area contributed by atoms with E-state index in [4.69, 9.17) is 4.78 Å². The highest BCUT2D eigenvalue weighted by Gasteiger charge is 2.37. The van der Waals surface area contributed by atoms with Crippen molar-refractivity contribution in [2.45, 2.75) is 5.25 Å². The van der Waals surface area contributed by atoms with Crippen LogP contribution in [0.3, 0.4) is 0 Å². The summed E-state index contributed by atoms with van der Waals surface area (Å²) in [6.45, 7) is 0.406. The fourth-order valence-electron chi connectivity index (χ4n) is 2.16. The van der Waals surface area contributed by atoms with Crippen molar-refractivity contribution in [3.8, 4) is 0 Å². The van der Waals surface area contributed by atoms with E-state index in [0.717, 1.165) is 0 Å². The van der Waals surface area contributed by atoms with Crippen molar-refractivity contribution in [3.63, 3.8) is 0 Å². The lowest BCUT2D eigenvalue weighted by Crippen LogP contribution is -2.56. The smallest absolute Gasteiger partial charge is 0.277 e. The number of carbonyl (C=O) groups is 1. The first kappa shape index (κ1) is 14.5. The second-order valence-corrected chi connectivity index (χ2v) is 8.45. The number of amides is 1. The molecule has 2 aromatic rings. The van der Waals surface area contributed by atoms with Gasteiger partial charge in [0.1, 0.15) is 5.65 Å². The SMILES string of the molecule is CS(=N)(=O)C1CN(C(=O)c2nc3ccc(Br)cn3c2F)C1. The summed E-state index contributed by atoms with van der Waals surface area (Å²) >= 11 is 3.23. The minimum absolute atomic E-state index is 0.203. The standard InChI is InChI=1S/C12H12BrFN4O2S/c1-21(15,20)8-5-17(6-8)12(19)10-11(14)18-4-7(13)2-3-9(18)16-10/h2-4,8,15H,5-6H2,1H3. The monoisotopic (exact) mass is 374 g/mol. The van der Waals surface area contributed by atoms with Crippen molar-refractivity contribution in [1.29, 1.82) is 4.78 Å². The molecule has 0 aromatic carbocycles. The van der Waals surface area contributed by atoms with Gasteiger partial charge in [-0.25, -0.2) is 9.19 Å².